The molecule has 2 fully saturated rings. The molecule has 0 N–H and O–H groups in total. The van der Waals surface area contributed by atoms with Gasteiger partial charge in [-0.2, -0.15) is 26.3 Å². The Morgan fingerprint density at radius 1 is 0.950 bits per heavy atom. The summed E-state index contributed by atoms with van der Waals surface area (Å²) < 4.78 is 96.6. The normalized spacial score (nSPS) is 20.5. The Balaban J connectivity index is 1.62. The highest BCUT2D eigenvalue weighted by Crippen LogP contribution is 2.48. The minimum absolute atomic E-state index is 0.0303. The molecular weight excluding hydrogens is 552 g/mol. The minimum atomic E-state index is -5.24. The van der Waals surface area contributed by atoms with E-state index in [4.69, 9.17) is 9.47 Å². The highest BCUT2D eigenvalue weighted by atomic mass is 32.2. The number of hydrogen-bond acceptors (Lipinski definition) is 4. The summed E-state index contributed by atoms with van der Waals surface area (Å²) >= 11 is 0.630. The van der Waals surface area contributed by atoms with E-state index in [-0.39, 0.29) is 6.10 Å². The lowest BCUT2D eigenvalue weighted by Gasteiger charge is -2.29. The number of ether oxygens (including phenoxy) is 2. The predicted molar refractivity (Wildman–Crippen MR) is 144 cm³/mol. The van der Waals surface area contributed by atoms with Crippen LogP contribution in [0.5, 0.6) is 5.75 Å². The van der Waals surface area contributed by atoms with E-state index in [0.29, 0.717) is 60.3 Å². The molecule has 10 heteroatoms. The van der Waals surface area contributed by atoms with Crippen LogP contribution in [0, 0.1) is 5.92 Å². The van der Waals surface area contributed by atoms with Gasteiger partial charge in [0, 0.05) is 28.6 Å². The van der Waals surface area contributed by atoms with Crippen LogP contribution in [0.3, 0.4) is 0 Å². The van der Waals surface area contributed by atoms with Crippen LogP contribution < -0.4 is 4.74 Å². The van der Waals surface area contributed by atoms with Gasteiger partial charge in [-0.1, -0.05) is 42.6 Å². The Hall–Kier alpha value is -2.85. The van der Waals surface area contributed by atoms with Crippen molar-refractivity contribution in [1.82, 2.24) is 4.90 Å². The summed E-state index contributed by atoms with van der Waals surface area (Å²) in [6.07, 6.45) is -2.68. The number of hydrogen-bond donors (Lipinski definition) is 0. The van der Waals surface area contributed by atoms with Gasteiger partial charge in [-0.3, -0.25) is 0 Å². The molecule has 1 heterocycles. The third-order valence-corrected chi connectivity index (χ3v) is 8.08. The summed E-state index contributed by atoms with van der Waals surface area (Å²) in [5.74, 6) is 0.915. The van der Waals surface area contributed by atoms with Crippen LogP contribution in [0.15, 0.2) is 77.2 Å². The number of alkyl halides is 6. The van der Waals surface area contributed by atoms with Gasteiger partial charge in [0.2, 0.25) is 0 Å². The van der Waals surface area contributed by atoms with Crippen LogP contribution in [-0.2, 0) is 17.1 Å². The van der Waals surface area contributed by atoms with Gasteiger partial charge in [0.1, 0.15) is 5.75 Å². The molecule has 1 aliphatic carbocycles. The zero-order valence-electron chi connectivity index (χ0n) is 21.9. The second kappa shape index (κ2) is 12.8. The van der Waals surface area contributed by atoms with Crippen molar-refractivity contribution < 1.29 is 35.8 Å². The first-order chi connectivity index (χ1) is 19.0. The largest absolute Gasteiger partial charge is 0.490 e. The lowest BCUT2D eigenvalue weighted by atomic mass is 9.87. The van der Waals surface area contributed by atoms with Crippen LogP contribution in [0.1, 0.15) is 42.4 Å². The monoisotopic (exact) mass is 583 g/mol. The summed E-state index contributed by atoms with van der Waals surface area (Å²) in [6.45, 7) is 9.54. The molecule has 0 radical (unpaired) electrons. The maximum atomic E-state index is 14.3. The molecule has 0 atom stereocenters. The Kier molecular flexibility index (Phi) is 9.61. The molecule has 216 valence electrons. The number of halogens is 6. The number of benzene rings is 2. The second-order valence-corrected chi connectivity index (χ2v) is 10.9. The lowest BCUT2D eigenvalue weighted by molar-refractivity contribution is -0.163. The highest BCUT2D eigenvalue weighted by molar-refractivity contribution is 7.99. The number of allylic oxidation sites excluding steroid dienone is 2. The van der Waals surface area contributed by atoms with Crippen molar-refractivity contribution in [2.24, 2.45) is 5.92 Å². The van der Waals surface area contributed by atoms with Crippen molar-refractivity contribution in [3.05, 3.63) is 84.1 Å². The summed E-state index contributed by atoms with van der Waals surface area (Å²) in [6, 6.07) is 8.60. The minimum Gasteiger partial charge on any atom is -0.490 e. The van der Waals surface area contributed by atoms with E-state index in [1.165, 1.54) is 6.08 Å². The van der Waals surface area contributed by atoms with Crippen LogP contribution in [0.2, 0.25) is 0 Å². The molecule has 0 bridgehead atoms. The van der Waals surface area contributed by atoms with Gasteiger partial charge in [0.25, 0.3) is 0 Å². The Morgan fingerprint density at radius 2 is 1.62 bits per heavy atom. The predicted octanol–water partition coefficient (Wildman–Crippen LogP) is 8.86. The molecule has 40 heavy (non-hydrogen) atoms. The van der Waals surface area contributed by atoms with Gasteiger partial charge >= 0.3 is 12.4 Å². The highest BCUT2D eigenvalue weighted by Gasteiger charge is 2.46. The SMILES string of the molecule is C=CC1CCC(Oc2cccc(Sc3ccc(/C=C/C(=C)N4CCOCC4)c(C(F)(F)F)c3C(F)(F)F)c2)CC1. The van der Waals surface area contributed by atoms with Crippen LogP contribution in [0.4, 0.5) is 26.3 Å². The molecule has 3 nitrogen and oxygen atoms in total. The average molecular weight is 584 g/mol. The fourth-order valence-corrected chi connectivity index (χ4v) is 5.96. The third kappa shape index (κ3) is 7.66. The van der Waals surface area contributed by atoms with Gasteiger partial charge in [0.15, 0.2) is 0 Å². The third-order valence-electron chi connectivity index (χ3n) is 7.03. The van der Waals surface area contributed by atoms with E-state index >= 15 is 0 Å². The summed E-state index contributed by atoms with van der Waals surface area (Å²) in [4.78, 5) is 1.62. The molecule has 2 aromatic rings. The smallest absolute Gasteiger partial charge is 0.418 e. The lowest BCUT2D eigenvalue weighted by Crippen LogP contribution is -2.34. The van der Waals surface area contributed by atoms with E-state index in [1.807, 2.05) is 11.0 Å². The van der Waals surface area contributed by atoms with E-state index in [9.17, 15) is 26.3 Å². The maximum absolute atomic E-state index is 14.3. The van der Waals surface area contributed by atoms with E-state index < -0.39 is 33.9 Å². The van der Waals surface area contributed by atoms with Gasteiger partial charge < -0.3 is 14.4 Å². The first-order valence-corrected chi connectivity index (χ1v) is 13.9. The first-order valence-electron chi connectivity index (χ1n) is 13.0. The van der Waals surface area contributed by atoms with Crippen LogP contribution in [-0.4, -0.2) is 37.3 Å². The molecule has 1 saturated carbocycles. The summed E-state index contributed by atoms with van der Waals surface area (Å²) in [5, 5.41) is 0. The molecule has 0 unspecified atom stereocenters. The fourth-order valence-electron chi connectivity index (χ4n) is 4.92. The molecule has 1 aliphatic heterocycles. The number of rotatable bonds is 8. The molecule has 4 rings (SSSR count). The Labute approximate surface area is 234 Å². The van der Waals surface area contributed by atoms with Crippen molar-refractivity contribution >= 4 is 17.8 Å². The van der Waals surface area contributed by atoms with Crippen LogP contribution >= 0.6 is 11.8 Å². The summed E-state index contributed by atoms with van der Waals surface area (Å²) in [7, 11) is 0. The van der Waals surface area contributed by atoms with Crippen molar-refractivity contribution in [3.63, 3.8) is 0 Å². The van der Waals surface area contributed by atoms with E-state index in [0.717, 1.165) is 43.9 Å². The fraction of sp³-hybridized carbons (Fsp3) is 0.400. The number of nitrogens with zero attached hydrogens (tertiary/aromatic N) is 1. The first kappa shape index (κ1) is 30.1. The van der Waals surface area contributed by atoms with Gasteiger partial charge in [-0.05, 0) is 67.5 Å². The quantitative estimate of drug-likeness (QED) is 0.176. The maximum Gasteiger partial charge on any atom is 0.418 e. The van der Waals surface area contributed by atoms with Crippen molar-refractivity contribution in [3.8, 4) is 5.75 Å². The standard InChI is InChI=1S/C30H31F6NO2S/c1-3-21-8-12-23(13-9-21)39-24-5-4-6-25(19-24)40-26-14-11-22(10-7-20(2)37-15-17-38-18-16-37)27(29(31,32)33)28(26)30(34,35)36/h3-7,10-11,14,19,21,23H,1-2,8-9,12-13,15-18H2/b10-7+. The van der Waals surface area contributed by atoms with Crippen molar-refractivity contribution in [2.75, 3.05) is 26.3 Å². The van der Waals surface area contributed by atoms with Gasteiger partial charge in [-0.15, -0.1) is 6.58 Å². The van der Waals surface area contributed by atoms with Gasteiger partial charge in [-0.25, -0.2) is 0 Å². The molecule has 2 aliphatic rings. The van der Waals surface area contributed by atoms with Crippen molar-refractivity contribution in [1.29, 1.82) is 0 Å². The number of morpholine rings is 1. The summed E-state index contributed by atoms with van der Waals surface area (Å²) in [5.41, 5.74) is -3.61. The zero-order chi connectivity index (χ0) is 28.9. The Morgan fingerprint density at radius 3 is 2.25 bits per heavy atom. The van der Waals surface area contributed by atoms with Gasteiger partial charge in [0.05, 0.1) is 30.4 Å². The topological polar surface area (TPSA) is 21.7 Å². The molecule has 1 saturated heterocycles. The molecule has 0 amide bonds. The molecular formula is C30H31F6NO2S. The molecule has 0 aromatic heterocycles. The van der Waals surface area contributed by atoms with Crippen LogP contribution in [0.25, 0.3) is 6.08 Å². The molecule has 2 aromatic carbocycles. The molecule has 0 spiro atoms. The zero-order valence-corrected chi connectivity index (χ0v) is 22.7. The van der Waals surface area contributed by atoms with E-state index in [2.05, 4.69) is 13.2 Å². The Bertz CT molecular complexity index is 1230. The van der Waals surface area contributed by atoms with Crippen molar-refractivity contribution in [2.45, 2.75) is 53.9 Å². The second-order valence-electron chi connectivity index (χ2n) is 9.79. The van der Waals surface area contributed by atoms with E-state index in [1.54, 1.807) is 24.3 Å². The average Bonchev–Trinajstić information content (AvgIpc) is 2.92.